The fourth-order valence-corrected chi connectivity index (χ4v) is 1.24. The Morgan fingerprint density at radius 2 is 1.79 bits per heavy atom. The molecule has 0 saturated heterocycles. The number of hydrogen-bond acceptors (Lipinski definition) is 2. The molecule has 5 heteroatoms. The lowest BCUT2D eigenvalue weighted by atomic mass is 9.99. The van der Waals surface area contributed by atoms with Gasteiger partial charge in [-0.2, -0.15) is 13.2 Å². The van der Waals surface area contributed by atoms with Crippen molar-refractivity contribution in [3.8, 4) is 0 Å². The molecule has 0 saturated carbocycles. The molecular weight excluding hydrogens is 195 g/mol. The Balaban J connectivity index is 3.84. The Morgan fingerprint density at radius 3 is 2.14 bits per heavy atom. The van der Waals surface area contributed by atoms with Gasteiger partial charge in [-0.1, -0.05) is 0 Å². The van der Waals surface area contributed by atoms with E-state index in [1.807, 2.05) is 0 Å². The van der Waals surface area contributed by atoms with E-state index in [2.05, 4.69) is 0 Å². The predicted octanol–water partition coefficient (Wildman–Crippen LogP) is 2.47. The molecule has 2 N–H and O–H groups in total. The third kappa shape index (κ3) is 6.21. The summed E-state index contributed by atoms with van der Waals surface area (Å²) in [6, 6.07) is 0. The van der Waals surface area contributed by atoms with Gasteiger partial charge in [0.2, 0.25) is 0 Å². The Morgan fingerprint density at radius 1 is 1.21 bits per heavy atom. The van der Waals surface area contributed by atoms with E-state index in [-0.39, 0.29) is 13.0 Å². The smallest absolute Gasteiger partial charge is 0.374 e. The highest BCUT2D eigenvalue weighted by atomic mass is 19.4. The van der Waals surface area contributed by atoms with E-state index >= 15 is 0 Å². The van der Waals surface area contributed by atoms with Gasteiger partial charge < -0.3 is 10.5 Å². The van der Waals surface area contributed by atoms with Crippen LogP contribution in [0.5, 0.6) is 0 Å². The second-order valence-electron chi connectivity index (χ2n) is 3.56. The van der Waals surface area contributed by atoms with Crippen LogP contribution < -0.4 is 5.73 Å². The number of hydrogen-bond donors (Lipinski definition) is 1. The van der Waals surface area contributed by atoms with Gasteiger partial charge in [-0.3, -0.25) is 0 Å². The maximum absolute atomic E-state index is 11.8. The average molecular weight is 213 g/mol. The van der Waals surface area contributed by atoms with Crippen molar-refractivity contribution in [3.63, 3.8) is 0 Å². The van der Waals surface area contributed by atoms with Crippen molar-refractivity contribution >= 4 is 0 Å². The molecule has 0 aromatic heterocycles. The summed E-state index contributed by atoms with van der Waals surface area (Å²) < 4.78 is 40.8. The van der Waals surface area contributed by atoms with Crippen molar-refractivity contribution in [2.45, 2.75) is 44.9 Å². The van der Waals surface area contributed by atoms with Crippen LogP contribution in [-0.4, -0.2) is 24.9 Å². The third-order valence-electron chi connectivity index (χ3n) is 2.09. The van der Waals surface area contributed by atoms with Crippen LogP contribution in [-0.2, 0) is 4.74 Å². The zero-order chi connectivity index (χ0) is 11.2. The molecule has 0 radical (unpaired) electrons. The van der Waals surface area contributed by atoms with Crippen molar-refractivity contribution in [1.29, 1.82) is 0 Å². The van der Waals surface area contributed by atoms with E-state index in [4.69, 9.17) is 10.5 Å². The maximum Gasteiger partial charge on any atom is 0.389 e. The van der Waals surface area contributed by atoms with Crippen molar-refractivity contribution in [1.82, 2.24) is 0 Å². The molecule has 0 heterocycles. The van der Waals surface area contributed by atoms with Crippen LogP contribution in [0.4, 0.5) is 13.2 Å². The van der Waals surface area contributed by atoms with Crippen LogP contribution in [0.1, 0.15) is 33.1 Å². The number of nitrogens with two attached hydrogens (primary N) is 1. The molecule has 0 aliphatic rings. The Bertz CT molecular complexity index is 161. The van der Waals surface area contributed by atoms with Crippen molar-refractivity contribution in [2.24, 2.45) is 5.73 Å². The summed E-state index contributed by atoms with van der Waals surface area (Å²) in [6.07, 6.45) is -4.44. The van der Waals surface area contributed by atoms with E-state index in [1.165, 1.54) is 0 Å². The van der Waals surface area contributed by atoms with Crippen molar-refractivity contribution < 1.29 is 17.9 Å². The predicted molar refractivity (Wildman–Crippen MR) is 49.0 cm³/mol. The highest BCUT2D eigenvalue weighted by Crippen LogP contribution is 2.25. The first kappa shape index (κ1) is 13.7. The van der Waals surface area contributed by atoms with Gasteiger partial charge in [0, 0.05) is 19.6 Å². The van der Waals surface area contributed by atoms with Gasteiger partial charge in [0.15, 0.2) is 0 Å². The van der Waals surface area contributed by atoms with Crippen LogP contribution in [0.15, 0.2) is 0 Å². The molecule has 0 aromatic carbocycles. The van der Waals surface area contributed by atoms with Crippen LogP contribution in [0.2, 0.25) is 0 Å². The van der Waals surface area contributed by atoms with E-state index in [0.717, 1.165) is 0 Å². The molecule has 2 nitrogen and oxygen atoms in total. The second-order valence-corrected chi connectivity index (χ2v) is 3.56. The van der Waals surface area contributed by atoms with Gasteiger partial charge in [-0.15, -0.1) is 0 Å². The molecule has 0 bridgehead atoms. The van der Waals surface area contributed by atoms with Gasteiger partial charge in [-0.05, 0) is 26.7 Å². The quantitative estimate of drug-likeness (QED) is 0.735. The standard InChI is InChI=1S/C9H18F3NO/c1-3-14-8(2,7-13)5-4-6-9(10,11)12/h3-7,13H2,1-2H3. The van der Waals surface area contributed by atoms with E-state index < -0.39 is 18.2 Å². The molecule has 0 aliphatic heterocycles. The van der Waals surface area contributed by atoms with Gasteiger partial charge >= 0.3 is 6.18 Å². The lowest BCUT2D eigenvalue weighted by molar-refractivity contribution is -0.138. The fraction of sp³-hybridized carbons (Fsp3) is 1.00. The minimum atomic E-state index is -4.08. The second kappa shape index (κ2) is 5.56. The topological polar surface area (TPSA) is 35.2 Å². The molecule has 0 rings (SSSR count). The SMILES string of the molecule is CCOC(C)(CN)CCCC(F)(F)F. The summed E-state index contributed by atoms with van der Waals surface area (Å²) in [4.78, 5) is 0. The summed E-state index contributed by atoms with van der Waals surface area (Å²) in [5, 5.41) is 0. The van der Waals surface area contributed by atoms with Crippen molar-refractivity contribution in [3.05, 3.63) is 0 Å². The van der Waals surface area contributed by atoms with E-state index in [1.54, 1.807) is 13.8 Å². The number of alkyl halides is 3. The Hall–Kier alpha value is -0.290. The largest absolute Gasteiger partial charge is 0.389 e. The Labute approximate surface area is 82.6 Å². The molecule has 1 atom stereocenters. The summed E-state index contributed by atoms with van der Waals surface area (Å²) in [5.74, 6) is 0. The van der Waals surface area contributed by atoms with Gasteiger partial charge in [-0.25, -0.2) is 0 Å². The molecule has 0 aromatic rings. The molecule has 86 valence electrons. The monoisotopic (exact) mass is 213 g/mol. The fourth-order valence-electron chi connectivity index (χ4n) is 1.24. The number of halogens is 3. The van der Waals surface area contributed by atoms with E-state index in [0.29, 0.717) is 13.0 Å². The highest BCUT2D eigenvalue weighted by molar-refractivity contribution is 4.76. The summed E-state index contributed by atoms with van der Waals surface area (Å²) in [5.41, 5.74) is 4.83. The van der Waals surface area contributed by atoms with Crippen LogP contribution in [0.3, 0.4) is 0 Å². The minimum absolute atomic E-state index is 0.0667. The lowest BCUT2D eigenvalue weighted by Crippen LogP contribution is -2.37. The summed E-state index contributed by atoms with van der Waals surface area (Å²) in [6.45, 7) is 4.27. The van der Waals surface area contributed by atoms with Crippen LogP contribution in [0.25, 0.3) is 0 Å². The molecule has 0 amide bonds. The Kier molecular flexibility index (Phi) is 5.44. The van der Waals surface area contributed by atoms with Gasteiger partial charge in [0.1, 0.15) is 0 Å². The van der Waals surface area contributed by atoms with Crippen molar-refractivity contribution in [2.75, 3.05) is 13.2 Å². The zero-order valence-corrected chi connectivity index (χ0v) is 8.66. The molecule has 0 fully saturated rings. The molecule has 1 unspecified atom stereocenters. The first-order valence-corrected chi connectivity index (χ1v) is 4.74. The number of rotatable bonds is 6. The molecular formula is C9H18F3NO. The van der Waals surface area contributed by atoms with Gasteiger partial charge in [0.25, 0.3) is 0 Å². The maximum atomic E-state index is 11.8. The third-order valence-corrected chi connectivity index (χ3v) is 2.09. The van der Waals surface area contributed by atoms with Gasteiger partial charge in [0.05, 0.1) is 5.60 Å². The van der Waals surface area contributed by atoms with E-state index in [9.17, 15) is 13.2 Å². The first-order valence-electron chi connectivity index (χ1n) is 4.74. The first-order chi connectivity index (χ1) is 6.33. The number of ether oxygens (including phenoxy) is 1. The van der Waals surface area contributed by atoms with Crippen LogP contribution in [0, 0.1) is 0 Å². The summed E-state index contributed by atoms with van der Waals surface area (Å²) in [7, 11) is 0. The normalized spacial score (nSPS) is 16.7. The molecule has 0 spiro atoms. The highest BCUT2D eigenvalue weighted by Gasteiger charge is 2.29. The lowest BCUT2D eigenvalue weighted by Gasteiger charge is -2.28. The summed E-state index contributed by atoms with van der Waals surface area (Å²) >= 11 is 0. The molecule has 0 aliphatic carbocycles. The zero-order valence-electron chi connectivity index (χ0n) is 8.66. The van der Waals surface area contributed by atoms with Crippen LogP contribution >= 0.6 is 0 Å². The average Bonchev–Trinajstić information content (AvgIpc) is 2.02. The minimum Gasteiger partial charge on any atom is -0.374 e. The molecule has 14 heavy (non-hydrogen) atoms.